The Morgan fingerprint density at radius 3 is 2.50 bits per heavy atom. The molecule has 0 saturated carbocycles. The summed E-state index contributed by atoms with van der Waals surface area (Å²) in [5.41, 5.74) is 10.3. The summed E-state index contributed by atoms with van der Waals surface area (Å²) in [5, 5.41) is 1.04. The van der Waals surface area contributed by atoms with Gasteiger partial charge in [-0.1, -0.05) is 13.8 Å². The first-order chi connectivity index (χ1) is 10.8. The molecule has 0 aliphatic carbocycles. The van der Waals surface area contributed by atoms with Crippen LogP contribution in [-0.2, 0) is 11.2 Å². The fraction of sp³-hybridized carbons (Fsp3) is 0.526. The molecule has 1 atom stereocenters. The van der Waals surface area contributed by atoms with Crippen molar-refractivity contribution >= 4 is 29.3 Å². The highest BCUT2D eigenvalue weighted by Crippen LogP contribution is 2.25. The lowest BCUT2D eigenvalue weighted by Crippen LogP contribution is -2.35. The average Bonchev–Trinajstić information content (AvgIpc) is 2.86. The smallest absolute Gasteiger partial charge is 0.226 e. The maximum atomic E-state index is 12.4. The van der Waals surface area contributed by atoms with Crippen LogP contribution in [0.2, 0.25) is 0 Å². The lowest BCUT2D eigenvalue weighted by atomic mass is 10.0. The van der Waals surface area contributed by atoms with E-state index in [9.17, 15) is 4.79 Å². The molecule has 1 aromatic heterocycles. The summed E-state index contributed by atoms with van der Waals surface area (Å²) in [7, 11) is 1.84. The van der Waals surface area contributed by atoms with Crippen LogP contribution in [0.25, 0.3) is 11.0 Å². The van der Waals surface area contributed by atoms with Crippen LogP contribution < -0.4 is 5.73 Å². The molecule has 0 saturated heterocycles. The Labute approximate surface area is 150 Å². The van der Waals surface area contributed by atoms with Crippen LogP contribution in [0, 0.1) is 19.8 Å². The van der Waals surface area contributed by atoms with Gasteiger partial charge >= 0.3 is 0 Å². The fourth-order valence-electron chi connectivity index (χ4n) is 2.57. The second-order valence-corrected chi connectivity index (χ2v) is 6.88. The summed E-state index contributed by atoms with van der Waals surface area (Å²) in [6.45, 7) is 9.04. The van der Waals surface area contributed by atoms with Crippen molar-refractivity contribution in [3.05, 3.63) is 35.1 Å². The average molecular weight is 353 g/mol. The van der Waals surface area contributed by atoms with E-state index in [0.717, 1.165) is 23.0 Å². The first kappa shape index (κ1) is 20.5. The van der Waals surface area contributed by atoms with Crippen LogP contribution in [0.15, 0.2) is 22.8 Å². The van der Waals surface area contributed by atoms with E-state index in [2.05, 4.69) is 33.8 Å². The lowest BCUT2D eigenvalue weighted by Gasteiger charge is -2.21. The summed E-state index contributed by atoms with van der Waals surface area (Å²) in [5.74, 6) is 0.532. The van der Waals surface area contributed by atoms with E-state index >= 15 is 0 Å². The highest BCUT2D eigenvalue weighted by molar-refractivity contribution is 5.88. The van der Waals surface area contributed by atoms with Crippen molar-refractivity contribution in [1.82, 2.24) is 4.90 Å². The van der Waals surface area contributed by atoms with E-state index in [-0.39, 0.29) is 24.4 Å². The monoisotopic (exact) mass is 352 g/mol. The van der Waals surface area contributed by atoms with E-state index in [1.165, 1.54) is 11.1 Å². The van der Waals surface area contributed by atoms with Gasteiger partial charge in [-0.05, 0) is 49.4 Å². The molecule has 24 heavy (non-hydrogen) atoms. The molecule has 4 nitrogen and oxygen atoms in total. The molecule has 0 spiro atoms. The van der Waals surface area contributed by atoms with Crippen molar-refractivity contribution in [1.29, 1.82) is 0 Å². The minimum atomic E-state index is 0. The summed E-state index contributed by atoms with van der Waals surface area (Å²) < 4.78 is 5.60. The lowest BCUT2D eigenvalue weighted by molar-refractivity contribution is -0.129. The second kappa shape index (κ2) is 8.54. The molecule has 1 aromatic carbocycles. The van der Waals surface area contributed by atoms with Crippen molar-refractivity contribution in [2.45, 2.75) is 46.6 Å². The number of carbonyl (C=O) groups is 1. The van der Waals surface area contributed by atoms with Crippen LogP contribution in [0.4, 0.5) is 0 Å². The number of furan rings is 1. The van der Waals surface area contributed by atoms with Crippen LogP contribution in [0.1, 0.15) is 37.0 Å². The van der Waals surface area contributed by atoms with Crippen molar-refractivity contribution in [3.8, 4) is 0 Å². The number of fused-ring (bicyclic) bond motifs is 1. The molecule has 134 valence electrons. The number of hydrogen-bond donors (Lipinski definition) is 1. The molecule has 0 aliphatic rings. The van der Waals surface area contributed by atoms with Crippen molar-refractivity contribution < 1.29 is 9.21 Å². The molecular weight excluding hydrogens is 324 g/mol. The number of aryl methyl sites for hydroxylation is 2. The quantitative estimate of drug-likeness (QED) is 0.859. The van der Waals surface area contributed by atoms with Gasteiger partial charge in [0.1, 0.15) is 5.58 Å². The number of rotatable bonds is 6. The van der Waals surface area contributed by atoms with Gasteiger partial charge in [0.15, 0.2) is 0 Å². The van der Waals surface area contributed by atoms with Crippen LogP contribution in [0.3, 0.4) is 0 Å². The molecule has 1 amide bonds. The summed E-state index contributed by atoms with van der Waals surface area (Å²) in [6.07, 6.45) is 2.89. The summed E-state index contributed by atoms with van der Waals surface area (Å²) >= 11 is 0. The number of halogens is 1. The van der Waals surface area contributed by atoms with E-state index < -0.39 is 0 Å². The Balaban J connectivity index is 0.00000288. The van der Waals surface area contributed by atoms with Crippen LogP contribution >= 0.6 is 12.4 Å². The van der Waals surface area contributed by atoms with E-state index in [1.807, 2.05) is 13.1 Å². The van der Waals surface area contributed by atoms with Gasteiger partial charge in [0.25, 0.3) is 0 Å². The predicted octanol–water partition coefficient (Wildman–Crippen LogP) is 3.85. The minimum absolute atomic E-state index is 0. The standard InChI is InChI=1S/C19H28N2O2.ClH/c1-12(2)17(20)6-7-21(5)19(22)10-15-11-23-18-9-14(4)13(3)8-16(15)18;/h8-9,11-12,17H,6-7,10,20H2,1-5H3;1H. The molecule has 1 unspecified atom stereocenters. The van der Waals surface area contributed by atoms with Gasteiger partial charge in [-0.2, -0.15) is 0 Å². The number of nitrogens with two attached hydrogens (primary N) is 1. The number of amides is 1. The Morgan fingerprint density at radius 1 is 1.25 bits per heavy atom. The minimum Gasteiger partial charge on any atom is -0.464 e. The number of likely N-dealkylation sites (N-methyl/N-ethyl adjacent to an activating group) is 1. The van der Waals surface area contributed by atoms with Crippen molar-refractivity contribution in [3.63, 3.8) is 0 Å². The van der Waals surface area contributed by atoms with Crippen LogP contribution in [0.5, 0.6) is 0 Å². The number of nitrogens with zero attached hydrogens (tertiary/aromatic N) is 1. The SMILES string of the molecule is Cc1cc2occ(CC(=O)N(C)CCC(N)C(C)C)c2cc1C.Cl. The zero-order valence-corrected chi connectivity index (χ0v) is 16.1. The largest absolute Gasteiger partial charge is 0.464 e. The van der Waals surface area contributed by atoms with Gasteiger partial charge in [-0.15, -0.1) is 12.4 Å². The zero-order chi connectivity index (χ0) is 17.1. The number of benzene rings is 1. The van der Waals surface area contributed by atoms with Crippen molar-refractivity contribution in [2.75, 3.05) is 13.6 Å². The van der Waals surface area contributed by atoms with Gasteiger partial charge in [-0.25, -0.2) is 0 Å². The second-order valence-electron chi connectivity index (χ2n) is 6.88. The summed E-state index contributed by atoms with van der Waals surface area (Å²) in [6, 6.07) is 4.26. The third kappa shape index (κ3) is 4.74. The zero-order valence-electron chi connectivity index (χ0n) is 15.3. The molecular formula is C19H29ClN2O2. The van der Waals surface area contributed by atoms with Gasteiger partial charge in [0.05, 0.1) is 12.7 Å². The van der Waals surface area contributed by atoms with E-state index in [4.69, 9.17) is 10.2 Å². The van der Waals surface area contributed by atoms with Gasteiger partial charge in [0, 0.05) is 30.6 Å². The predicted molar refractivity (Wildman–Crippen MR) is 102 cm³/mol. The highest BCUT2D eigenvalue weighted by Gasteiger charge is 2.16. The first-order valence-electron chi connectivity index (χ1n) is 8.26. The Bertz CT molecular complexity index is 694. The molecule has 0 bridgehead atoms. The van der Waals surface area contributed by atoms with E-state index in [1.54, 1.807) is 11.2 Å². The molecule has 0 aliphatic heterocycles. The summed E-state index contributed by atoms with van der Waals surface area (Å²) in [4.78, 5) is 14.2. The molecule has 2 N–H and O–H groups in total. The molecule has 1 heterocycles. The normalized spacial score (nSPS) is 12.3. The molecule has 0 radical (unpaired) electrons. The third-order valence-electron chi connectivity index (χ3n) is 4.69. The fourth-order valence-corrected chi connectivity index (χ4v) is 2.57. The Hall–Kier alpha value is -1.52. The van der Waals surface area contributed by atoms with Gasteiger partial charge in [-0.3, -0.25) is 4.79 Å². The topological polar surface area (TPSA) is 59.5 Å². The Morgan fingerprint density at radius 2 is 1.88 bits per heavy atom. The molecule has 2 rings (SSSR count). The molecule has 2 aromatic rings. The highest BCUT2D eigenvalue weighted by atomic mass is 35.5. The van der Waals surface area contributed by atoms with E-state index in [0.29, 0.717) is 18.9 Å². The van der Waals surface area contributed by atoms with Gasteiger partial charge < -0.3 is 15.1 Å². The number of carbonyl (C=O) groups excluding carboxylic acids is 1. The molecule has 0 fully saturated rings. The van der Waals surface area contributed by atoms with Crippen molar-refractivity contribution in [2.24, 2.45) is 11.7 Å². The van der Waals surface area contributed by atoms with Crippen LogP contribution in [-0.4, -0.2) is 30.4 Å². The van der Waals surface area contributed by atoms with Gasteiger partial charge in [0.2, 0.25) is 5.91 Å². The molecule has 5 heteroatoms. The number of hydrogen-bond acceptors (Lipinski definition) is 3. The first-order valence-corrected chi connectivity index (χ1v) is 8.26. The Kier molecular flexibility index (Phi) is 7.30. The maximum absolute atomic E-state index is 12.4. The maximum Gasteiger partial charge on any atom is 0.226 e. The third-order valence-corrected chi connectivity index (χ3v) is 4.69.